The highest BCUT2D eigenvalue weighted by molar-refractivity contribution is 5.71. The van der Waals surface area contributed by atoms with E-state index in [0.717, 1.165) is 116 Å². The van der Waals surface area contributed by atoms with Crippen LogP contribution in [0.5, 0.6) is 0 Å². The first kappa shape index (κ1) is 76.3. The quantitative estimate of drug-likeness (QED) is 0.0261. The molecule has 0 radical (unpaired) electrons. The van der Waals surface area contributed by atoms with Gasteiger partial charge in [0, 0.05) is 19.3 Å². The molecule has 0 fully saturated rings. The van der Waals surface area contributed by atoms with Crippen LogP contribution in [0.2, 0.25) is 0 Å². The van der Waals surface area contributed by atoms with E-state index in [1.165, 1.54) is 128 Å². The molecule has 0 amide bonds. The molecule has 0 heterocycles. The predicted molar refractivity (Wildman–Crippen MR) is 352 cm³/mol. The van der Waals surface area contributed by atoms with Crippen molar-refractivity contribution in [2.24, 2.45) is 0 Å². The van der Waals surface area contributed by atoms with E-state index in [1.54, 1.807) is 0 Å². The Morgan fingerprint density at radius 1 is 0.259 bits per heavy atom. The summed E-state index contributed by atoms with van der Waals surface area (Å²) >= 11 is 0. The molecule has 0 aromatic rings. The summed E-state index contributed by atoms with van der Waals surface area (Å²) in [5.41, 5.74) is 0. The van der Waals surface area contributed by atoms with Gasteiger partial charge in [-0.15, -0.1) is 0 Å². The van der Waals surface area contributed by atoms with Crippen molar-refractivity contribution in [2.45, 2.75) is 297 Å². The number of hydrogen-bond acceptors (Lipinski definition) is 6. The van der Waals surface area contributed by atoms with Gasteiger partial charge in [0.1, 0.15) is 13.2 Å². The minimum absolute atomic E-state index is 0.108. The summed E-state index contributed by atoms with van der Waals surface area (Å²) in [6.45, 7) is 6.35. The highest BCUT2D eigenvalue weighted by Crippen LogP contribution is 2.15. The lowest BCUT2D eigenvalue weighted by Gasteiger charge is -2.18. The lowest BCUT2D eigenvalue weighted by molar-refractivity contribution is -0.166. The Kier molecular flexibility index (Phi) is 63.9. The number of carbonyl (C=O) groups is 3. The summed E-state index contributed by atoms with van der Waals surface area (Å²) in [7, 11) is 0. The van der Waals surface area contributed by atoms with E-state index < -0.39 is 6.10 Å². The fourth-order valence-corrected chi connectivity index (χ4v) is 8.90. The monoisotopic (exact) mass is 1120 g/mol. The first-order valence-corrected chi connectivity index (χ1v) is 33.3. The van der Waals surface area contributed by atoms with E-state index in [0.29, 0.717) is 19.3 Å². The number of rotatable bonds is 59. The SMILES string of the molecule is CC/C=C\C/C=C\C/C=C\C/C=C\C/C=C\C/C=C\C/C=C\CCCCCCCCCCCC(=O)OCC(COC(=O)CC/C=C\C/C=C\C/C=C\C/C=C\CC)OC(=O)CCCCCCCCCCC/C=C\CCCCCCCC. The number of allylic oxidation sites excluding steroid dienone is 24. The molecule has 81 heavy (non-hydrogen) atoms. The van der Waals surface area contributed by atoms with Crippen LogP contribution in [0.25, 0.3) is 0 Å². The topological polar surface area (TPSA) is 78.9 Å². The zero-order valence-corrected chi connectivity index (χ0v) is 52.5. The van der Waals surface area contributed by atoms with Gasteiger partial charge in [0.25, 0.3) is 0 Å². The molecule has 0 saturated heterocycles. The fraction of sp³-hybridized carbons (Fsp3) is 0.640. The molecule has 0 aliphatic heterocycles. The zero-order valence-electron chi connectivity index (χ0n) is 52.5. The van der Waals surface area contributed by atoms with Gasteiger partial charge in [-0.2, -0.15) is 0 Å². The third kappa shape index (κ3) is 66.0. The normalized spacial score (nSPS) is 13.1. The van der Waals surface area contributed by atoms with Crippen molar-refractivity contribution >= 4 is 17.9 Å². The van der Waals surface area contributed by atoms with Crippen LogP contribution in [0.15, 0.2) is 146 Å². The number of esters is 3. The molecular weight excluding hydrogens is 997 g/mol. The second-order valence-electron chi connectivity index (χ2n) is 21.6. The van der Waals surface area contributed by atoms with Gasteiger partial charge in [-0.1, -0.05) is 289 Å². The average Bonchev–Trinajstić information content (AvgIpc) is 3.46. The Hall–Kier alpha value is -4.71. The van der Waals surface area contributed by atoms with Gasteiger partial charge < -0.3 is 14.2 Å². The highest BCUT2D eigenvalue weighted by atomic mass is 16.6. The Bertz CT molecular complexity index is 1760. The number of carbonyl (C=O) groups excluding carboxylic acids is 3. The van der Waals surface area contributed by atoms with Gasteiger partial charge >= 0.3 is 17.9 Å². The second-order valence-corrected chi connectivity index (χ2v) is 21.6. The van der Waals surface area contributed by atoms with Crippen LogP contribution in [-0.4, -0.2) is 37.2 Å². The van der Waals surface area contributed by atoms with Crippen molar-refractivity contribution < 1.29 is 28.6 Å². The molecule has 0 saturated carbocycles. The van der Waals surface area contributed by atoms with Gasteiger partial charge in [-0.3, -0.25) is 14.4 Å². The summed E-state index contributed by atoms with van der Waals surface area (Å²) in [5.74, 6) is -0.998. The lowest BCUT2D eigenvalue weighted by atomic mass is 10.1. The molecule has 1 unspecified atom stereocenters. The third-order valence-corrected chi connectivity index (χ3v) is 13.8. The van der Waals surface area contributed by atoms with Crippen molar-refractivity contribution in [3.63, 3.8) is 0 Å². The average molecular weight is 1120 g/mol. The van der Waals surface area contributed by atoms with E-state index in [4.69, 9.17) is 14.2 Å². The van der Waals surface area contributed by atoms with Crippen molar-refractivity contribution in [3.8, 4) is 0 Å². The van der Waals surface area contributed by atoms with Crippen LogP contribution in [0.4, 0.5) is 0 Å². The molecule has 0 spiro atoms. The summed E-state index contributed by atoms with van der Waals surface area (Å²) in [6, 6.07) is 0. The summed E-state index contributed by atoms with van der Waals surface area (Å²) < 4.78 is 16.9. The van der Waals surface area contributed by atoms with Crippen LogP contribution in [0.3, 0.4) is 0 Å². The first-order valence-electron chi connectivity index (χ1n) is 33.3. The molecule has 0 N–H and O–H groups in total. The summed E-state index contributed by atoms with van der Waals surface area (Å²) in [4.78, 5) is 38.3. The summed E-state index contributed by atoms with van der Waals surface area (Å²) in [5, 5.41) is 0. The van der Waals surface area contributed by atoms with Crippen LogP contribution in [-0.2, 0) is 28.6 Å². The zero-order chi connectivity index (χ0) is 58.5. The molecule has 0 rings (SSSR count). The van der Waals surface area contributed by atoms with Crippen LogP contribution in [0, 0.1) is 0 Å². The van der Waals surface area contributed by atoms with Crippen molar-refractivity contribution in [2.75, 3.05) is 13.2 Å². The summed E-state index contributed by atoms with van der Waals surface area (Å²) in [6.07, 6.45) is 97.3. The molecule has 0 aliphatic carbocycles. The molecule has 0 bridgehead atoms. The second kappa shape index (κ2) is 67.8. The maximum Gasteiger partial charge on any atom is 0.306 e. The molecule has 0 aromatic heterocycles. The molecule has 0 aliphatic rings. The van der Waals surface area contributed by atoms with Gasteiger partial charge in [-0.25, -0.2) is 0 Å². The van der Waals surface area contributed by atoms with Gasteiger partial charge in [0.05, 0.1) is 0 Å². The Balaban J connectivity index is 4.34. The van der Waals surface area contributed by atoms with Crippen LogP contribution >= 0.6 is 0 Å². The fourth-order valence-electron chi connectivity index (χ4n) is 8.90. The third-order valence-electron chi connectivity index (χ3n) is 13.8. The Labute approximate surface area is 499 Å². The number of ether oxygens (including phenoxy) is 3. The standard InChI is InChI=1S/C75H122O6/c1-4-7-10-13-16-19-22-25-27-29-31-32-33-34-35-36-37-38-39-40-41-42-44-45-47-50-53-56-59-62-65-68-74(77)80-71-72(70-79-73(76)67-64-61-58-55-52-49-24-21-18-15-12-9-6-3)81-75(78)69-66-63-60-57-54-51-48-46-43-30-28-26-23-20-17-14-11-8-5-2/h7,9-10,12,16,18-19,21,25-28,31-32,34-35,37-38,40-41,49,52,58,61,72H,4-6,8,11,13-15,17,20,22-24,29-30,33,36,39,42-48,50-51,53-57,59-60,62-71H2,1-3H3/b10-7-,12-9-,19-16-,21-18-,27-25-,28-26-,32-31-,35-34-,38-37-,41-40-,52-49-,61-58-. The highest BCUT2D eigenvalue weighted by Gasteiger charge is 2.19. The minimum atomic E-state index is -0.817. The van der Waals surface area contributed by atoms with Crippen LogP contribution in [0.1, 0.15) is 290 Å². The van der Waals surface area contributed by atoms with Crippen molar-refractivity contribution in [1.82, 2.24) is 0 Å². The smallest absolute Gasteiger partial charge is 0.306 e. The Morgan fingerprint density at radius 2 is 0.506 bits per heavy atom. The molecule has 458 valence electrons. The maximum absolute atomic E-state index is 12.9. The number of unbranched alkanes of at least 4 members (excludes halogenated alkanes) is 24. The molecule has 6 heteroatoms. The molecule has 0 aromatic carbocycles. The maximum atomic E-state index is 12.9. The molecule has 1 atom stereocenters. The van der Waals surface area contributed by atoms with Crippen molar-refractivity contribution in [1.29, 1.82) is 0 Å². The number of hydrogen-bond donors (Lipinski definition) is 0. The Morgan fingerprint density at radius 3 is 0.840 bits per heavy atom. The van der Waals surface area contributed by atoms with E-state index in [1.807, 2.05) is 6.08 Å². The van der Waals surface area contributed by atoms with Crippen LogP contribution < -0.4 is 0 Å². The van der Waals surface area contributed by atoms with E-state index >= 15 is 0 Å². The van der Waals surface area contributed by atoms with Gasteiger partial charge in [0.2, 0.25) is 0 Å². The first-order chi connectivity index (χ1) is 40.0. The van der Waals surface area contributed by atoms with E-state index in [-0.39, 0.29) is 37.5 Å². The predicted octanol–water partition coefficient (Wildman–Crippen LogP) is 23.1. The van der Waals surface area contributed by atoms with Gasteiger partial charge in [0.15, 0.2) is 6.10 Å². The minimum Gasteiger partial charge on any atom is -0.462 e. The largest absolute Gasteiger partial charge is 0.462 e. The molecular formula is C75H122O6. The van der Waals surface area contributed by atoms with E-state index in [9.17, 15) is 14.4 Å². The van der Waals surface area contributed by atoms with Gasteiger partial charge in [-0.05, 0) is 128 Å². The lowest BCUT2D eigenvalue weighted by Crippen LogP contribution is -2.30. The van der Waals surface area contributed by atoms with Crippen molar-refractivity contribution in [3.05, 3.63) is 146 Å². The van der Waals surface area contributed by atoms with E-state index in [2.05, 4.69) is 161 Å². The molecule has 6 nitrogen and oxygen atoms in total.